The van der Waals surface area contributed by atoms with Crippen LogP contribution < -0.4 is 10.5 Å². The van der Waals surface area contributed by atoms with Gasteiger partial charge in [-0.05, 0) is 42.8 Å². The molecule has 0 saturated heterocycles. The lowest BCUT2D eigenvalue weighted by atomic mass is 10.2. The van der Waals surface area contributed by atoms with E-state index in [1.54, 1.807) is 12.3 Å². The summed E-state index contributed by atoms with van der Waals surface area (Å²) in [6, 6.07) is 7.32. The van der Waals surface area contributed by atoms with Crippen LogP contribution in [0.25, 0.3) is 0 Å². The number of nitrogens with one attached hydrogen (secondary N) is 1. The Morgan fingerprint density at radius 1 is 1.20 bits per heavy atom. The average Bonchev–Trinajstić information content (AvgIpc) is 2.38. The molecule has 0 fully saturated rings. The molecule has 1 heterocycles. The molecule has 1 amide bonds. The van der Waals surface area contributed by atoms with Crippen LogP contribution in [0.3, 0.4) is 0 Å². The Hall–Kier alpha value is -2.25. The molecular formula is C13H13N3O3S. The van der Waals surface area contributed by atoms with Crippen LogP contribution >= 0.6 is 0 Å². The van der Waals surface area contributed by atoms with Gasteiger partial charge in [0.25, 0.3) is 5.91 Å². The lowest BCUT2D eigenvalue weighted by molar-refractivity contribution is 0.102. The molecule has 0 aliphatic heterocycles. The molecule has 1 aromatic carbocycles. The Morgan fingerprint density at radius 3 is 2.40 bits per heavy atom. The first-order chi connectivity index (χ1) is 9.36. The molecule has 20 heavy (non-hydrogen) atoms. The van der Waals surface area contributed by atoms with E-state index in [0.29, 0.717) is 11.3 Å². The summed E-state index contributed by atoms with van der Waals surface area (Å²) in [6.07, 6.45) is 3.11. The minimum absolute atomic E-state index is 0.00674. The van der Waals surface area contributed by atoms with Crippen molar-refractivity contribution in [2.75, 3.05) is 5.32 Å². The highest BCUT2D eigenvalue weighted by molar-refractivity contribution is 7.89. The molecule has 0 atom stereocenters. The SMILES string of the molecule is Cc1cncc(C(=O)Nc2ccc(S(N)(=O)=O)cc2)c1. The molecule has 0 aliphatic carbocycles. The van der Waals surface area contributed by atoms with Crippen LogP contribution in [0.4, 0.5) is 5.69 Å². The molecule has 2 rings (SSSR count). The van der Waals surface area contributed by atoms with E-state index < -0.39 is 10.0 Å². The van der Waals surface area contributed by atoms with Gasteiger partial charge in [0.15, 0.2) is 0 Å². The fraction of sp³-hybridized carbons (Fsp3) is 0.0769. The summed E-state index contributed by atoms with van der Waals surface area (Å²) in [5.41, 5.74) is 1.78. The fourth-order valence-corrected chi connectivity index (χ4v) is 2.13. The zero-order chi connectivity index (χ0) is 14.8. The average molecular weight is 291 g/mol. The largest absolute Gasteiger partial charge is 0.322 e. The smallest absolute Gasteiger partial charge is 0.257 e. The van der Waals surface area contributed by atoms with Crippen molar-refractivity contribution in [1.82, 2.24) is 4.98 Å². The van der Waals surface area contributed by atoms with Crippen molar-refractivity contribution in [2.45, 2.75) is 11.8 Å². The monoisotopic (exact) mass is 291 g/mol. The quantitative estimate of drug-likeness (QED) is 0.889. The van der Waals surface area contributed by atoms with Gasteiger partial charge in [-0.2, -0.15) is 0 Å². The van der Waals surface area contributed by atoms with Gasteiger partial charge in [0.2, 0.25) is 10.0 Å². The van der Waals surface area contributed by atoms with E-state index in [1.807, 2.05) is 6.92 Å². The summed E-state index contributed by atoms with van der Waals surface area (Å²) in [5.74, 6) is -0.315. The predicted octanol–water partition coefficient (Wildman–Crippen LogP) is 1.29. The Bertz CT molecular complexity index is 740. The maximum Gasteiger partial charge on any atom is 0.257 e. The van der Waals surface area contributed by atoms with Crippen LogP contribution in [-0.4, -0.2) is 19.3 Å². The third kappa shape index (κ3) is 3.40. The second-order valence-electron chi connectivity index (χ2n) is 4.27. The predicted molar refractivity (Wildman–Crippen MR) is 74.7 cm³/mol. The number of carbonyl (C=O) groups excluding carboxylic acids is 1. The van der Waals surface area contributed by atoms with Crippen LogP contribution in [0.2, 0.25) is 0 Å². The van der Waals surface area contributed by atoms with Gasteiger partial charge in [-0.25, -0.2) is 13.6 Å². The number of benzene rings is 1. The molecule has 0 unspecified atom stereocenters. The second kappa shape index (κ2) is 5.40. The normalized spacial score (nSPS) is 11.1. The van der Waals surface area contributed by atoms with E-state index in [9.17, 15) is 13.2 Å². The van der Waals surface area contributed by atoms with E-state index in [4.69, 9.17) is 5.14 Å². The van der Waals surface area contributed by atoms with Crippen molar-refractivity contribution in [1.29, 1.82) is 0 Å². The van der Waals surface area contributed by atoms with E-state index in [1.165, 1.54) is 30.5 Å². The van der Waals surface area contributed by atoms with Crippen LogP contribution in [-0.2, 0) is 10.0 Å². The number of aryl methyl sites for hydroxylation is 1. The number of carbonyl (C=O) groups is 1. The summed E-state index contributed by atoms with van der Waals surface area (Å²) in [4.78, 5) is 15.9. The number of primary sulfonamides is 1. The van der Waals surface area contributed by atoms with Gasteiger partial charge in [-0.1, -0.05) is 0 Å². The molecule has 0 bridgehead atoms. The van der Waals surface area contributed by atoms with E-state index in [2.05, 4.69) is 10.3 Å². The summed E-state index contributed by atoms with van der Waals surface area (Å²) < 4.78 is 22.2. The Morgan fingerprint density at radius 2 is 1.85 bits per heavy atom. The Balaban J connectivity index is 2.16. The third-order valence-electron chi connectivity index (χ3n) is 2.58. The molecule has 0 radical (unpaired) electrons. The standard InChI is InChI=1S/C13H13N3O3S/c1-9-6-10(8-15-7-9)13(17)16-11-2-4-12(5-3-11)20(14,18)19/h2-8H,1H3,(H,16,17)(H2,14,18,19). The van der Waals surface area contributed by atoms with Gasteiger partial charge in [0, 0.05) is 18.1 Å². The number of rotatable bonds is 3. The number of pyridine rings is 1. The maximum absolute atomic E-state index is 12.0. The lowest BCUT2D eigenvalue weighted by Gasteiger charge is -2.06. The molecule has 3 N–H and O–H groups in total. The topological polar surface area (TPSA) is 102 Å². The van der Waals surface area contributed by atoms with Crippen molar-refractivity contribution in [3.8, 4) is 0 Å². The summed E-state index contributed by atoms with van der Waals surface area (Å²) >= 11 is 0. The van der Waals surface area contributed by atoms with Crippen molar-refractivity contribution < 1.29 is 13.2 Å². The van der Waals surface area contributed by atoms with Crippen molar-refractivity contribution in [3.63, 3.8) is 0 Å². The second-order valence-corrected chi connectivity index (χ2v) is 5.84. The molecule has 6 nitrogen and oxygen atoms in total. The molecule has 104 valence electrons. The van der Waals surface area contributed by atoms with E-state index >= 15 is 0 Å². The molecule has 0 saturated carbocycles. The third-order valence-corrected chi connectivity index (χ3v) is 3.51. The number of sulfonamides is 1. The van der Waals surface area contributed by atoms with E-state index in [-0.39, 0.29) is 10.8 Å². The molecule has 1 aromatic heterocycles. The number of nitrogens with two attached hydrogens (primary N) is 1. The van der Waals surface area contributed by atoms with Gasteiger partial charge in [0.1, 0.15) is 0 Å². The number of aromatic nitrogens is 1. The first-order valence-electron chi connectivity index (χ1n) is 5.72. The van der Waals surface area contributed by atoms with Crippen molar-refractivity contribution in [3.05, 3.63) is 53.9 Å². The summed E-state index contributed by atoms with van der Waals surface area (Å²) in [6.45, 7) is 1.84. The minimum Gasteiger partial charge on any atom is -0.322 e. The lowest BCUT2D eigenvalue weighted by Crippen LogP contribution is -2.14. The van der Waals surface area contributed by atoms with E-state index in [0.717, 1.165) is 5.56 Å². The van der Waals surface area contributed by atoms with Crippen LogP contribution in [0.15, 0.2) is 47.6 Å². The number of hydrogen-bond acceptors (Lipinski definition) is 4. The van der Waals surface area contributed by atoms with Crippen LogP contribution in [0.5, 0.6) is 0 Å². The highest BCUT2D eigenvalue weighted by Crippen LogP contribution is 2.14. The number of nitrogens with zero attached hydrogens (tertiary/aromatic N) is 1. The van der Waals surface area contributed by atoms with Crippen molar-refractivity contribution >= 4 is 21.6 Å². The van der Waals surface area contributed by atoms with Gasteiger partial charge in [0.05, 0.1) is 10.5 Å². The number of hydrogen-bond donors (Lipinski definition) is 2. The van der Waals surface area contributed by atoms with Crippen LogP contribution in [0.1, 0.15) is 15.9 Å². The zero-order valence-corrected chi connectivity index (χ0v) is 11.5. The molecule has 7 heteroatoms. The number of anilines is 1. The fourth-order valence-electron chi connectivity index (χ4n) is 1.61. The minimum atomic E-state index is -3.73. The van der Waals surface area contributed by atoms with Gasteiger partial charge in [-0.15, -0.1) is 0 Å². The van der Waals surface area contributed by atoms with Crippen LogP contribution in [0, 0.1) is 6.92 Å². The Kier molecular flexibility index (Phi) is 3.82. The maximum atomic E-state index is 12.0. The summed E-state index contributed by atoms with van der Waals surface area (Å²) in [5, 5.41) is 7.64. The first-order valence-corrected chi connectivity index (χ1v) is 7.27. The first kappa shape index (κ1) is 14.2. The van der Waals surface area contributed by atoms with Gasteiger partial charge < -0.3 is 5.32 Å². The molecule has 0 aliphatic rings. The van der Waals surface area contributed by atoms with Crippen molar-refractivity contribution in [2.24, 2.45) is 5.14 Å². The molecular weight excluding hydrogens is 278 g/mol. The highest BCUT2D eigenvalue weighted by atomic mass is 32.2. The number of amides is 1. The van der Waals surface area contributed by atoms with Gasteiger partial charge >= 0.3 is 0 Å². The summed E-state index contributed by atoms with van der Waals surface area (Å²) in [7, 11) is -3.73. The zero-order valence-electron chi connectivity index (χ0n) is 10.7. The molecule has 0 spiro atoms. The molecule has 2 aromatic rings. The van der Waals surface area contributed by atoms with Gasteiger partial charge in [-0.3, -0.25) is 9.78 Å². The Labute approximate surface area is 116 Å². The highest BCUT2D eigenvalue weighted by Gasteiger charge is 2.09.